The Bertz CT molecular complexity index is 534. The van der Waals surface area contributed by atoms with Gasteiger partial charge in [0.15, 0.2) is 0 Å². The molecule has 2 heterocycles. The fraction of sp³-hybridized carbons (Fsp3) is 0.733. The highest BCUT2D eigenvalue weighted by Crippen LogP contribution is 2.58. The molecule has 0 radical (unpaired) electrons. The van der Waals surface area contributed by atoms with Crippen LogP contribution in [-0.2, 0) is 18.4 Å². The zero-order valence-electron chi connectivity index (χ0n) is 13.0. The molecule has 1 atom stereocenters. The Kier molecular flexibility index (Phi) is 4.63. The fourth-order valence-electron chi connectivity index (χ4n) is 3.57. The summed E-state index contributed by atoms with van der Waals surface area (Å²) in [6, 6.07) is 0. The van der Waals surface area contributed by atoms with Gasteiger partial charge >= 0.3 is 0 Å². The number of rotatable bonds is 3. The van der Waals surface area contributed by atoms with Gasteiger partial charge in [-0.05, 0) is 51.6 Å². The first-order chi connectivity index (χ1) is 9.53. The average molecular weight is 313 g/mol. The van der Waals surface area contributed by atoms with Crippen LogP contribution < -0.4 is 10.6 Å². The standard InChI is InChI=1S/C15H24N4O.ClH/c1-10-12(11(2)19(3)18-10)9-17-14(20)13-8-15(13)4-6-16-7-5-15;/h13,16H,4-9H2,1-3H3,(H,17,20);1H. The number of carbonyl (C=O) groups excluding carboxylic acids is 1. The van der Waals surface area contributed by atoms with Gasteiger partial charge < -0.3 is 10.6 Å². The summed E-state index contributed by atoms with van der Waals surface area (Å²) < 4.78 is 1.88. The minimum Gasteiger partial charge on any atom is -0.352 e. The summed E-state index contributed by atoms with van der Waals surface area (Å²) in [6.45, 7) is 6.77. The van der Waals surface area contributed by atoms with Crippen LogP contribution in [0.15, 0.2) is 0 Å². The molecule has 2 fully saturated rings. The molecule has 1 saturated heterocycles. The van der Waals surface area contributed by atoms with E-state index < -0.39 is 0 Å². The van der Waals surface area contributed by atoms with E-state index in [0.29, 0.717) is 12.0 Å². The largest absolute Gasteiger partial charge is 0.352 e. The van der Waals surface area contributed by atoms with Gasteiger partial charge in [-0.1, -0.05) is 0 Å². The average Bonchev–Trinajstić information content (AvgIpc) is 3.05. The maximum atomic E-state index is 12.3. The summed E-state index contributed by atoms with van der Waals surface area (Å²) in [6.07, 6.45) is 3.37. The molecule has 6 heteroatoms. The number of nitrogens with one attached hydrogen (secondary N) is 2. The molecule has 1 aromatic rings. The third-order valence-electron chi connectivity index (χ3n) is 5.20. The van der Waals surface area contributed by atoms with Crippen LogP contribution in [0, 0.1) is 25.2 Å². The van der Waals surface area contributed by atoms with Gasteiger partial charge in [0.1, 0.15) is 0 Å². The van der Waals surface area contributed by atoms with E-state index in [0.717, 1.165) is 49.3 Å². The second kappa shape index (κ2) is 5.97. The second-order valence-corrected chi connectivity index (χ2v) is 6.36. The predicted octanol–water partition coefficient (Wildman–Crippen LogP) is 1.46. The molecule has 2 N–H and O–H groups in total. The van der Waals surface area contributed by atoms with Crippen LogP contribution in [0.4, 0.5) is 0 Å². The van der Waals surface area contributed by atoms with Crippen molar-refractivity contribution in [2.24, 2.45) is 18.4 Å². The first kappa shape index (κ1) is 16.3. The third-order valence-corrected chi connectivity index (χ3v) is 5.20. The molecular formula is C15H25ClN4O. The van der Waals surface area contributed by atoms with Crippen molar-refractivity contribution in [2.75, 3.05) is 13.1 Å². The minimum absolute atomic E-state index is 0. The van der Waals surface area contributed by atoms with Gasteiger partial charge in [0.05, 0.1) is 5.69 Å². The lowest BCUT2D eigenvalue weighted by Crippen LogP contribution is -2.33. The number of hydrogen-bond acceptors (Lipinski definition) is 3. The highest BCUT2D eigenvalue weighted by atomic mass is 35.5. The van der Waals surface area contributed by atoms with Gasteiger partial charge in [0.2, 0.25) is 5.91 Å². The number of hydrogen-bond donors (Lipinski definition) is 2. The molecule has 1 spiro atoms. The summed E-state index contributed by atoms with van der Waals surface area (Å²) in [5.74, 6) is 0.469. The number of aryl methyl sites for hydroxylation is 2. The second-order valence-electron chi connectivity index (χ2n) is 6.36. The molecule has 1 amide bonds. The van der Waals surface area contributed by atoms with Crippen molar-refractivity contribution in [3.05, 3.63) is 17.0 Å². The number of amides is 1. The normalized spacial score (nSPS) is 22.7. The van der Waals surface area contributed by atoms with E-state index >= 15 is 0 Å². The first-order valence-corrected chi connectivity index (χ1v) is 7.51. The lowest BCUT2D eigenvalue weighted by Gasteiger charge is -2.23. The molecule has 0 aromatic carbocycles. The van der Waals surface area contributed by atoms with Gasteiger partial charge in [-0.2, -0.15) is 5.10 Å². The number of carbonyl (C=O) groups is 1. The van der Waals surface area contributed by atoms with E-state index in [4.69, 9.17) is 0 Å². The summed E-state index contributed by atoms with van der Waals surface area (Å²) in [7, 11) is 1.94. The van der Waals surface area contributed by atoms with Crippen molar-refractivity contribution in [3.8, 4) is 0 Å². The maximum Gasteiger partial charge on any atom is 0.223 e. The number of piperidine rings is 1. The Hall–Kier alpha value is -1.07. The Labute approximate surface area is 132 Å². The molecule has 1 saturated carbocycles. The molecule has 1 aliphatic heterocycles. The Morgan fingerprint density at radius 3 is 2.67 bits per heavy atom. The van der Waals surface area contributed by atoms with E-state index in [1.54, 1.807) is 0 Å². The van der Waals surface area contributed by atoms with Crippen LogP contribution >= 0.6 is 12.4 Å². The molecule has 5 nitrogen and oxygen atoms in total. The van der Waals surface area contributed by atoms with Crippen LogP contribution in [0.1, 0.15) is 36.2 Å². The summed E-state index contributed by atoms with van der Waals surface area (Å²) >= 11 is 0. The Balaban J connectivity index is 0.00000161. The van der Waals surface area contributed by atoms with Gasteiger partial charge in [-0.25, -0.2) is 0 Å². The van der Waals surface area contributed by atoms with Gasteiger partial charge in [0.25, 0.3) is 0 Å². The molecule has 1 aromatic heterocycles. The van der Waals surface area contributed by atoms with Gasteiger partial charge in [-0.3, -0.25) is 9.48 Å². The van der Waals surface area contributed by atoms with Crippen molar-refractivity contribution in [1.82, 2.24) is 20.4 Å². The summed E-state index contributed by atoms with van der Waals surface area (Å²) in [4.78, 5) is 12.3. The monoisotopic (exact) mass is 312 g/mol. The van der Waals surface area contributed by atoms with Crippen LogP contribution in [0.5, 0.6) is 0 Å². The van der Waals surface area contributed by atoms with Crippen LogP contribution in [0.25, 0.3) is 0 Å². The highest BCUT2D eigenvalue weighted by molar-refractivity contribution is 5.85. The zero-order valence-corrected chi connectivity index (χ0v) is 13.8. The van der Waals surface area contributed by atoms with E-state index in [1.807, 2.05) is 25.6 Å². The van der Waals surface area contributed by atoms with E-state index in [9.17, 15) is 4.79 Å². The van der Waals surface area contributed by atoms with E-state index in [1.165, 1.54) is 0 Å². The number of nitrogens with zero attached hydrogens (tertiary/aromatic N) is 2. The molecule has 1 unspecified atom stereocenters. The summed E-state index contributed by atoms with van der Waals surface area (Å²) in [5, 5.41) is 10.9. The summed E-state index contributed by atoms with van der Waals surface area (Å²) in [5.41, 5.74) is 3.61. The Morgan fingerprint density at radius 1 is 1.43 bits per heavy atom. The molecule has 3 rings (SSSR count). The van der Waals surface area contributed by atoms with E-state index in [-0.39, 0.29) is 24.2 Å². The zero-order chi connectivity index (χ0) is 14.3. The minimum atomic E-state index is 0. The van der Waals surface area contributed by atoms with Crippen LogP contribution in [0.2, 0.25) is 0 Å². The van der Waals surface area contributed by atoms with Crippen molar-refractivity contribution < 1.29 is 4.79 Å². The topological polar surface area (TPSA) is 59.0 Å². The van der Waals surface area contributed by atoms with E-state index in [2.05, 4.69) is 15.7 Å². The highest BCUT2D eigenvalue weighted by Gasteiger charge is 2.57. The van der Waals surface area contributed by atoms with Gasteiger partial charge in [0, 0.05) is 30.8 Å². The van der Waals surface area contributed by atoms with Crippen molar-refractivity contribution in [3.63, 3.8) is 0 Å². The lowest BCUT2D eigenvalue weighted by atomic mass is 9.92. The molecule has 118 valence electrons. The van der Waals surface area contributed by atoms with Gasteiger partial charge in [-0.15, -0.1) is 12.4 Å². The molecule has 0 bridgehead atoms. The SMILES string of the molecule is Cc1nn(C)c(C)c1CNC(=O)C1CC12CCNCC2.Cl. The fourth-order valence-corrected chi connectivity index (χ4v) is 3.57. The Morgan fingerprint density at radius 2 is 2.10 bits per heavy atom. The van der Waals surface area contributed by atoms with Crippen LogP contribution in [-0.4, -0.2) is 28.8 Å². The quantitative estimate of drug-likeness (QED) is 0.888. The maximum absolute atomic E-state index is 12.3. The lowest BCUT2D eigenvalue weighted by molar-refractivity contribution is -0.123. The first-order valence-electron chi connectivity index (χ1n) is 7.51. The smallest absolute Gasteiger partial charge is 0.223 e. The van der Waals surface area contributed by atoms with Crippen LogP contribution in [0.3, 0.4) is 0 Å². The third kappa shape index (κ3) is 2.94. The molecule has 2 aliphatic rings. The number of halogens is 1. The van der Waals surface area contributed by atoms with Crippen molar-refractivity contribution in [1.29, 1.82) is 0 Å². The predicted molar refractivity (Wildman–Crippen MR) is 84.4 cm³/mol. The number of aromatic nitrogens is 2. The van der Waals surface area contributed by atoms with Crippen molar-refractivity contribution >= 4 is 18.3 Å². The molecule has 21 heavy (non-hydrogen) atoms. The molecular weight excluding hydrogens is 288 g/mol. The molecule has 1 aliphatic carbocycles. The van der Waals surface area contributed by atoms with Crippen molar-refractivity contribution in [2.45, 2.75) is 39.7 Å².